The SMILES string of the molecule is Cc1ccc(C)c(C(N(C)C)C(C)(C)O)c1. The summed E-state index contributed by atoms with van der Waals surface area (Å²) < 4.78 is 0. The van der Waals surface area contributed by atoms with Gasteiger partial charge in [-0.1, -0.05) is 23.8 Å². The van der Waals surface area contributed by atoms with Crippen molar-refractivity contribution in [3.63, 3.8) is 0 Å². The molecule has 1 N–H and O–H groups in total. The van der Waals surface area contributed by atoms with E-state index in [9.17, 15) is 5.11 Å². The number of hydrogen-bond acceptors (Lipinski definition) is 2. The van der Waals surface area contributed by atoms with E-state index in [2.05, 4.69) is 36.9 Å². The monoisotopic (exact) mass is 221 g/mol. The van der Waals surface area contributed by atoms with Crippen LogP contribution >= 0.6 is 0 Å². The third-order valence-corrected chi connectivity index (χ3v) is 2.91. The second-order valence-corrected chi connectivity index (χ2v) is 5.38. The van der Waals surface area contributed by atoms with Gasteiger partial charge in [-0.15, -0.1) is 0 Å². The normalized spacial score (nSPS) is 14.2. The minimum absolute atomic E-state index is 0.0207. The van der Waals surface area contributed by atoms with Crippen LogP contribution in [-0.2, 0) is 0 Å². The summed E-state index contributed by atoms with van der Waals surface area (Å²) in [5.74, 6) is 0. The lowest BCUT2D eigenvalue weighted by atomic mass is 9.87. The van der Waals surface area contributed by atoms with Crippen molar-refractivity contribution in [3.8, 4) is 0 Å². The van der Waals surface area contributed by atoms with Gasteiger partial charge >= 0.3 is 0 Å². The highest BCUT2D eigenvalue weighted by atomic mass is 16.3. The summed E-state index contributed by atoms with van der Waals surface area (Å²) in [4.78, 5) is 2.07. The quantitative estimate of drug-likeness (QED) is 0.848. The molecule has 0 fully saturated rings. The van der Waals surface area contributed by atoms with E-state index in [0.717, 1.165) is 0 Å². The zero-order chi connectivity index (χ0) is 12.5. The molecule has 1 aromatic rings. The van der Waals surface area contributed by atoms with Crippen molar-refractivity contribution in [2.75, 3.05) is 14.1 Å². The molecule has 0 aliphatic carbocycles. The third kappa shape index (κ3) is 2.83. The lowest BCUT2D eigenvalue weighted by Gasteiger charge is -2.36. The van der Waals surface area contributed by atoms with Crippen molar-refractivity contribution in [1.29, 1.82) is 0 Å². The number of likely N-dealkylation sites (N-methyl/N-ethyl adjacent to an activating group) is 1. The van der Waals surface area contributed by atoms with Crippen LogP contribution < -0.4 is 0 Å². The Morgan fingerprint density at radius 3 is 2.19 bits per heavy atom. The van der Waals surface area contributed by atoms with Gasteiger partial charge in [-0.05, 0) is 52.9 Å². The summed E-state index contributed by atoms with van der Waals surface area (Å²) >= 11 is 0. The minimum atomic E-state index is -0.748. The second-order valence-electron chi connectivity index (χ2n) is 5.38. The second kappa shape index (κ2) is 4.56. The molecule has 0 amide bonds. The number of nitrogens with zero attached hydrogens (tertiary/aromatic N) is 1. The number of rotatable bonds is 3. The first-order valence-electron chi connectivity index (χ1n) is 5.69. The first kappa shape index (κ1) is 13.2. The van der Waals surface area contributed by atoms with Crippen molar-refractivity contribution in [1.82, 2.24) is 4.90 Å². The molecule has 1 atom stereocenters. The predicted octanol–water partition coefficient (Wildman–Crippen LogP) is 2.68. The van der Waals surface area contributed by atoms with Crippen LogP contribution in [0.4, 0.5) is 0 Å². The summed E-state index contributed by atoms with van der Waals surface area (Å²) in [6.07, 6.45) is 0. The highest BCUT2D eigenvalue weighted by Crippen LogP contribution is 2.32. The Labute approximate surface area is 98.9 Å². The van der Waals surface area contributed by atoms with Crippen molar-refractivity contribution in [2.45, 2.75) is 39.3 Å². The highest BCUT2D eigenvalue weighted by Gasteiger charge is 2.31. The highest BCUT2D eigenvalue weighted by molar-refractivity contribution is 5.34. The van der Waals surface area contributed by atoms with E-state index in [4.69, 9.17) is 0 Å². The number of hydrogen-bond donors (Lipinski definition) is 1. The van der Waals surface area contributed by atoms with Gasteiger partial charge < -0.3 is 5.11 Å². The zero-order valence-electron chi connectivity index (χ0n) is 11.2. The molecule has 90 valence electrons. The van der Waals surface area contributed by atoms with Gasteiger partial charge in [0.1, 0.15) is 0 Å². The van der Waals surface area contributed by atoms with Crippen LogP contribution in [0.25, 0.3) is 0 Å². The fraction of sp³-hybridized carbons (Fsp3) is 0.571. The molecular weight excluding hydrogens is 198 g/mol. The Hall–Kier alpha value is -0.860. The first-order chi connectivity index (χ1) is 7.23. The van der Waals surface area contributed by atoms with Gasteiger partial charge in [-0.3, -0.25) is 4.90 Å². The molecule has 0 aliphatic heterocycles. The average Bonchev–Trinajstić information content (AvgIpc) is 2.08. The lowest BCUT2D eigenvalue weighted by molar-refractivity contribution is -0.00344. The Morgan fingerprint density at radius 1 is 1.19 bits per heavy atom. The molecule has 2 nitrogen and oxygen atoms in total. The van der Waals surface area contributed by atoms with Crippen molar-refractivity contribution in [3.05, 3.63) is 34.9 Å². The third-order valence-electron chi connectivity index (χ3n) is 2.91. The van der Waals surface area contributed by atoms with E-state index in [1.54, 1.807) is 0 Å². The van der Waals surface area contributed by atoms with Gasteiger partial charge in [0.25, 0.3) is 0 Å². The molecule has 0 heterocycles. The largest absolute Gasteiger partial charge is 0.388 e. The predicted molar refractivity (Wildman–Crippen MR) is 68.6 cm³/mol. The number of aliphatic hydroxyl groups is 1. The minimum Gasteiger partial charge on any atom is -0.388 e. The van der Waals surface area contributed by atoms with Crippen LogP contribution in [0.1, 0.15) is 36.6 Å². The molecule has 1 rings (SSSR count). The van der Waals surface area contributed by atoms with Gasteiger partial charge in [0.2, 0.25) is 0 Å². The van der Waals surface area contributed by atoms with Gasteiger partial charge in [-0.25, -0.2) is 0 Å². The Bertz CT molecular complexity index is 363. The van der Waals surface area contributed by atoms with Crippen LogP contribution in [-0.4, -0.2) is 29.7 Å². The molecular formula is C14H23NO. The van der Waals surface area contributed by atoms with Crippen molar-refractivity contribution < 1.29 is 5.11 Å². The Kier molecular flexibility index (Phi) is 3.76. The molecule has 0 aliphatic rings. The lowest BCUT2D eigenvalue weighted by Crippen LogP contribution is -2.39. The molecule has 0 aromatic heterocycles. The Balaban J connectivity index is 3.26. The maximum absolute atomic E-state index is 10.3. The topological polar surface area (TPSA) is 23.5 Å². The van der Waals surface area contributed by atoms with Gasteiger partial charge in [0.05, 0.1) is 11.6 Å². The van der Waals surface area contributed by atoms with Gasteiger partial charge in [-0.2, -0.15) is 0 Å². The van der Waals surface area contributed by atoms with Crippen LogP contribution in [0.2, 0.25) is 0 Å². The standard InChI is InChI=1S/C14H23NO/c1-10-7-8-11(2)12(9-10)13(15(5)6)14(3,4)16/h7-9,13,16H,1-6H3. The van der Waals surface area contributed by atoms with Crippen molar-refractivity contribution >= 4 is 0 Å². The number of benzene rings is 1. The van der Waals surface area contributed by atoms with Crippen LogP contribution in [0, 0.1) is 13.8 Å². The van der Waals surface area contributed by atoms with Crippen LogP contribution in [0.3, 0.4) is 0 Å². The molecule has 0 bridgehead atoms. The molecule has 0 radical (unpaired) electrons. The van der Waals surface area contributed by atoms with E-state index >= 15 is 0 Å². The number of aryl methyl sites for hydroxylation is 2. The van der Waals surface area contributed by atoms with E-state index in [1.165, 1.54) is 16.7 Å². The summed E-state index contributed by atoms with van der Waals surface area (Å²) in [6.45, 7) is 7.90. The van der Waals surface area contributed by atoms with E-state index in [1.807, 2.05) is 27.9 Å². The fourth-order valence-electron chi connectivity index (χ4n) is 2.35. The summed E-state index contributed by atoms with van der Waals surface area (Å²) in [6, 6.07) is 6.41. The van der Waals surface area contributed by atoms with Gasteiger partial charge in [0.15, 0.2) is 0 Å². The molecule has 0 saturated carbocycles. The molecule has 16 heavy (non-hydrogen) atoms. The summed E-state index contributed by atoms with van der Waals surface area (Å²) in [5, 5.41) is 10.3. The molecule has 2 heteroatoms. The summed E-state index contributed by atoms with van der Waals surface area (Å²) in [7, 11) is 4.01. The van der Waals surface area contributed by atoms with Crippen LogP contribution in [0.5, 0.6) is 0 Å². The maximum Gasteiger partial charge on any atom is 0.0787 e. The maximum atomic E-state index is 10.3. The first-order valence-corrected chi connectivity index (χ1v) is 5.69. The molecule has 1 aromatic carbocycles. The average molecular weight is 221 g/mol. The van der Waals surface area contributed by atoms with Crippen molar-refractivity contribution in [2.24, 2.45) is 0 Å². The van der Waals surface area contributed by atoms with E-state index < -0.39 is 5.60 Å². The van der Waals surface area contributed by atoms with E-state index in [-0.39, 0.29) is 6.04 Å². The molecule has 1 unspecified atom stereocenters. The Morgan fingerprint density at radius 2 is 1.75 bits per heavy atom. The fourth-order valence-corrected chi connectivity index (χ4v) is 2.35. The van der Waals surface area contributed by atoms with E-state index in [0.29, 0.717) is 0 Å². The molecule has 0 spiro atoms. The summed E-state index contributed by atoms with van der Waals surface area (Å²) in [5.41, 5.74) is 2.92. The zero-order valence-corrected chi connectivity index (χ0v) is 11.2. The smallest absolute Gasteiger partial charge is 0.0787 e. The van der Waals surface area contributed by atoms with Gasteiger partial charge in [0, 0.05) is 0 Å². The molecule has 0 saturated heterocycles. The van der Waals surface area contributed by atoms with Crippen LogP contribution in [0.15, 0.2) is 18.2 Å².